The molecule has 0 saturated heterocycles. The van der Waals surface area contributed by atoms with E-state index >= 15 is 0 Å². The van der Waals surface area contributed by atoms with Crippen LogP contribution in [0.4, 0.5) is 0 Å². The number of hydrogen-bond acceptors (Lipinski definition) is 2. The molecule has 2 rings (SSSR count). The molecular formula is C10H4BrClO2. The van der Waals surface area contributed by atoms with Crippen molar-refractivity contribution in [3.8, 4) is 0 Å². The first-order valence-electron chi connectivity index (χ1n) is 3.86. The number of Topliss-reactive ketones (excluding diaryl/α,β-unsaturated/α-hetero) is 1. The summed E-state index contributed by atoms with van der Waals surface area (Å²) in [6, 6.07) is 4.84. The number of benzene rings is 1. The van der Waals surface area contributed by atoms with Crippen molar-refractivity contribution in [1.29, 1.82) is 0 Å². The molecule has 0 unspecified atom stereocenters. The maximum Gasteiger partial charge on any atom is 0.202 e. The van der Waals surface area contributed by atoms with Crippen LogP contribution in [-0.2, 0) is 0 Å². The molecule has 4 heteroatoms. The molecule has 0 N–H and O–H groups in total. The second-order valence-electron chi connectivity index (χ2n) is 2.85. The maximum atomic E-state index is 11.6. The number of halogens is 2. The van der Waals surface area contributed by atoms with Crippen LogP contribution >= 0.6 is 27.5 Å². The van der Waals surface area contributed by atoms with Crippen molar-refractivity contribution in [1.82, 2.24) is 0 Å². The first-order valence-corrected chi connectivity index (χ1v) is 5.03. The summed E-state index contributed by atoms with van der Waals surface area (Å²) < 4.78 is 0.253. The number of allylic oxidation sites excluding steroid dienone is 2. The molecule has 14 heavy (non-hydrogen) atoms. The smallest absolute Gasteiger partial charge is 0.202 e. The summed E-state index contributed by atoms with van der Waals surface area (Å²) in [6.45, 7) is 0. The molecule has 0 aliphatic heterocycles. The normalized spacial score (nSPS) is 15.1. The second kappa shape index (κ2) is 3.33. The molecule has 1 aromatic rings. The van der Waals surface area contributed by atoms with E-state index in [1.54, 1.807) is 18.2 Å². The number of rotatable bonds is 0. The quantitative estimate of drug-likeness (QED) is 0.727. The molecule has 0 aromatic heterocycles. The Morgan fingerprint density at radius 3 is 2.64 bits per heavy atom. The van der Waals surface area contributed by atoms with Crippen LogP contribution in [0.2, 0.25) is 5.02 Å². The first kappa shape index (κ1) is 9.62. The van der Waals surface area contributed by atoms with E-state index in [2.05, 4.69) is 15.9 Å². The van der Waals surface area contributed by atoms with Gasteiger partial charge in [-0.15, -0.1) is 0 Å². The van der Waals surface area contributed by atoms with Crippen LogP contribution in [0.1, 0.15) is 20.7 Å². The lowest BCUT2D eigenvalue weighted by Crippen LogP contribution is -2.14. The zero-order valence-electron chi connectivity index (χ0n) is 6.88. The average molecular weight is 271 g/mol. The van der Waals surface area contributed by atoms with Gasteiger partial charge >= 0.3 is 0 Å². The Labute approximate surface area is 93.7 Å². The minimum Gasteiger partial charge on any atom is -0.289 e. The van der Waals surface area contributed by atoms with Gasteiger partial charge in [0.05, 0.1) is 15.1 Å². The van der Waals surface area contributed by atoms with Gasteiger partial charge in [-0.05, 0) is 22.0 Å². The Morgan fingerprint density at radius 2 is 1.93 bits per heavy atom. The molecule has 2 nitrogen and oxygen atoms in total. The van der Waals surface area contributed by atoms with Crippen molar-refractivity contribution in [2.24, 2.45) is 0 Å². The molecule has 0 radical (unpaired) electrons. The Bertz CT molecular complexity index is 477. The van der Waals surface area contributed by atoms with E-state index < -0.39 is 0 Å². The summed E-state index contributed by atoms with van der Waals surface area (Å²) in [5.74, 6) is -0.445. The summed E-state index contributed by atoms with van der Waals surface area (Å²) in [4.78, 5) is 23.1. The maximum absolute atomic E-state index is 11.6. The number of ketones is 2. The van der Waals surface area contributed by atoms with Crippen LogP contribution in [-0.4, -0.2) is 11.6 Å². The van der Waals surface area contributed by atoms with Crippen LogP contribution in [0.25, 0.3) is 0 Å². The van der Waals surface area contributed by atoms with Crippen LogP contribution in [0, 0.1) is 0 Å². The summed E-state index contributed by atoms with van der Waals surface area (Å²) in [6.07, 6.45) is 1.26. The standard InChI is InChI=1S/C10H4BrClO2/c11-6-4-8(13)5-2-1-3-7(12)9(5)10(6)14/h1-4H. The van der Waals surface area contributed by atoms with Crippen molar-refractivity contribution >= 4 is 39.1 Å². The number of carbonyl (C=O) groups is 2. The van der Waals surface area contributed by atoms with Gasteiger partial charge in [0.2, 0.25) is 5.78 Å². The third kappa shape index (κ3) is 1.33. The second-order valence-corrected chi connectivity index (χ2v) is 4.11. The van der Waals surface area contributed by atoms with E-state index in [0.717, 1.165) is 0 Å². The van der Waals surface area contributed by atoms with Gasteiger partial charge in [0.1, 0.15) is 0 Å². The van der Waals surface area contributed by atoms with Crippen LogP contribution < -0.4 is 0 Å². The van der Waals surface area contributed by atoms with Crippen LogP contribution in [0.15, 0.2) is 28.8 Å². The van der Waals surface area contributed by atoms with Crippen molar-refractivity contribution in [2.75, 3.05) is 0 Å². The van der Waals surface area contributed by atoms with E-state index in [1.807, 2.05) is 0 Å². The Balaban J connectivity index is 2.76. The number of carbonyl (C=O) groups excluding carboxylic acids is 2. The fraction of sp³-hybridized carbons (Fsp3) is 0. The van der Waals surface area contributed by atoms with E-state index in [4.69, 9.17) is 11.6 Å². The van der Waals surface area contributed by atoms with E-state index in [-0.39, 0.29) is 21.6 Å². The third-order valence-corrected chi connectivity index (χ3v) is 2.88. The summed E-state index contributed by atoms with van der Waals surface area (Å²) in [5.41, 5.74) is 0.652. The minimum absolute atomic E-state index is 0.200. The molecule has 0 fully saturated rings. The molecule has 0 atom stereocenters. The van der Waals surface area contributed by atoms with Crippen molar-refractivity contribution in [3.63, 3.8) is 0 Å². The topological polar surface area (TPSA) is 34.1 Å². The lowest BCUT2D eigenvalue weighted by molar-refractivity contribution is 0.0992. The Morgan fingerprint density at radius 1 is 1.21 bits per heavy atom. The predicted octanol–water partition coefficient (Wildman–Crippen LogP) is 3.00. The third-order valence-electron chi connectivity index (χ3n) is 1.98. The molecule has 1 aliphatic rings. The molecule has 0 heterocycles. The first-order chi connectivity index (χ1) is 6.61. The highest BCUT2D eigenvalue weighted by molar-refractivity contribution is 9.12. The molecule has 1 aliphatic carbocycles. The molecule has 0 bridgehead atoms. The zero-order chi connectivity index (χ0) is 10.3. The van der Waals surface area contributed by atoms with Gasteiger partial charge < -0.3 is 0 Å². The predicted molar refractivity (Wildman–Crippen MR) is 57.1 cm³/mol. The van der Waals surface area contributed by atoms with Crippen LogP contribution in [0.5, 0.6) is 0 Å². The highest BCUT2D eigenvalue weighted by atomic mass is 79.9. The van der Waals surface area contributed by atoms with E-state index in [1.165, 1.54) is 6.08 Å². The monoisotopic (exact) mass is 270 g/mol. The molecule has 1 aromatic carbocycles. The highest BCUT2D eigenvalue weighted by Gasteiger charge is 2.25. The highest BCUT2D eigenvalue weighted by Crippen LogP contribution is 2.29. The summed E-state index contributed by atoms with van der Waals surface area (Å²) in [7, 11) is 0. The summed E-state index contributed by atoms with van der Waals surface area (Å²) in [5, 5.41) is 0.311. The van der Waals surface area contributed by atoms with E-state index in [9.17, 15) is 9.59 Å². The number of hydrogen-bond donors (Lipinski definition) is 0. The lowest BCUT2D eigenvalue weighted by Gasteiger charge is -2.12. The van der Waals surface area contributed by atoms with Crippen molar-refractivity contribution in [3.05, 3.63) is 44.9 Å². The van der Waals surface area contributed by atoms with Gasteiger partial charge in [0.25, 0.3) is 0 Å². The molecular weight excluding hydrogens is 267 g/mol. The van der Waals surface area contributed by atoms with E-state index in [0.29, 0.717) is 10.6 Å². The van der Waals surface area contributed by atoms with Gasteiger partial charge in [-0.3, -0.25) is 9.59 Å². The average Bonchev–Trinajstić information content (AvgIpc) is 2.14. The zero-order valence-corrected chi connectivity index (χ0v) is 9.22. The van der Waals surface area contributed by atoms with Crippen LogP contribution in [0.3, 0.4) is 0 Å². The van der Waals surface area contributed by atoms with Gasteiger partial charge in [-0.25, -0.2) is 0 Å². The van der Waals surface area contributed by atoms with Crippen molar-refractivity contribution in [2.45, 2.75) is 0 Å². The van der Waals surface area contributed by atoms with Gasteiger partial charge in [0, 0.05) is 11.6 Å². The van der Waals surface area contributed by atoms with Gasteiger partial charge in [0.15, 0.2) is 5.78 Å². The Hall–Kier alpha value is -0.930. The minimum atomic E-state index is -0.245. The molecule has 70 valence electrons. The number of fused-ring (bicyclic) bond motifs is 1. The fourth-order valence-electron chi connectivity index (χ4n) is 1.34. The van der Waals surface area contributed by atoms with Crippen molar-refractivity contribution < 1.29 is 9.59 Å². The fourth-order valence-corrected chi connectivity index (χ4v) is 2.00. The Kier molecular flexibility index (Phi) is 2.29. The molecule has 0 amide bonds. The largest absolute Gasteiger partial charge is 0.289 e. The molecule has 0 spiro atoms. The summed E-state index contributed by atoms with van der Waals surface area (Å²) >= 11 is 8.88. The SMILES string of the molecule is O=C1C=C(Br)C(=O)c2c(Cl)cccc21. The lowest BCUT2D eigenvalue weighted by atomic mass is 9.95. The van der Waals surface area contributed by atoms with Gasteiger partial charge in [-0.1, -0.05) is 23.7 Å². The molecule has 0 saturated carbocycles. The van der Waals surface area contributed by atoms with Gasteiger partial charge in [-0.2, -0.15) is 0 Å².